The van der Waals surface area contributed by atoms with Crippen LogP contribution < -0.4 is 15.5 Å². The third kappa shape index (κ3) is 6.73. The van der Waals surface area contributed by atoms with Crippen LogP contribution >= 0.6 is 8.58 Å². The molecule has 0 aromatic heterocycles. The van der Waals surface area contributed by atoms with Crippen molar-refractivity contribution in [3.63, 3.8) is 0 Å². The lowest BCUT2D eigenvalue weighted by molar-refractivity contribution is -0.137. The molecule has 2 aromatic carbocycles. The van der Waals surface area contributed by atoms with Gasteiger partial charge in [-0.05, 0) is 66.2 Å². The molecule has 2 aliphatic rings. The molecule has 4 atom stereocenters. The summed E-state index contributed by atoms with van der Waals surface area (Å²) >= 11 is 0. The molecule has 4 rings (SSSR count). The highest BCUT2D eigenvalue weighted by molar-refractivity contribution is 7.40. The van der Waals surface area contributed by atoms with Gasteiger partial charge in [-0.25, -0.2) is 4.79 Å². The molecule has 0 saturated carbocycles. The average Bonchev–Trinajstić information content (AvgIpc) is 3.62. The highest BCUT2D eigenvalue weighted by Crippen LogP contribution is 2.37. The zero-order valence-electron chi connectivity index (χ0n) is 23.6. The number of rotatable bonds is 8. The highest BCUT2D eigenvalue weighted by atomic mass is 31.1. The molecule has 0 spiro atoms. The molecule has 8 nitrogen and oxygen atoms in total. The molecule has 0 aliphatic carbocycles. The largest absolute Gasteiger partial charge is 0.453 e. The van der Waals surface area contributed by atoms with Crippen molar-refractivity contribution in [2.24, 2.45) is 5.92 Å². The average molecular weight is 553 g/mol. The standard InChI is InChI=1S/C30H41N4O4P/c1-19(2)21-10-14-24(15-11-21)33-16-6-7-25(33)22-8-12-23(13-9-22)31-27(35)29-34(17-18-39-29)28(36)26(20(3)4)32-30(37)38-5/h8-15,19-20,25-26,29,39H,6-7,16-18H2,1-5H3,(H,31,35)(H,32,37)/t25-,26+,29+/m1/s1. The normalized spacial score (nSPS) is 20.5. The Morgan fingerprint density at radius 1 is 0.974 bits per heavy atom. The van der Waals surface area contributed by atoms with Crippen LogP contribution in [0.1, 0.15) is 63.6 Å². The number of nitrogens with one attached hydrogen (secondary N) is 2. The summed E-state index contributed by atoms with van der Waals surface area (Å²) < 4.78 is 4.69. The Labute approximate surface area is 233 Å². The fourth-order valence-corrected chi connectivity index (χ4v) is 6.76. The fourth-order valence-electron chi connectivity index (χ4n) is 5.38. The van der Waals surface area contributed by atoms with Gasteiger partial charge < -0.3 is 25.2 Å². The first kappa shape index (κ1) is 28.9. The molecule has 2 fully saturated rings. The smallest absolute Gasteiger partial charge is 0.407 e. The second kappa shape index (κ2) is 12.8. The van der Waals surface area contributed by atoms with E-state index < -0.39 is 17.9 Å². The zero-order chi connectivity index (χ0) is 28.1. The van der Waals surface area contributed by atoms with Crippen LogP contribution in [0.5, 0.6) is 0 Å². The number of hydrogen-bond acceptors (Lipinski definition) is 5. The molecule has 2 saturated heterocycles. The van der Waals surface area contributed by atoms with Crippen molar-refractivity contribution in [1.29, 1.82) is 0 Å². The van der Waals surface area contributed by atoms with E-state index >= 15 is 0 Å². The molecular formula is C30H41N4O4P. The third-order valence-electron chi connectivity index (χ3n) is 7.63. The van der Waals surface area contributed by atoms with Crippen LogP contribution in [0.3, 0.4) is 0 Å². The fraction of sp³-hybridized carbons (Fsp3) is 0.500. The number of amides is 3. The summed E-state index contributed by atoms with van der Waals surface area (Å²) in [6, 6.07) is 16.5. The van der Waals surface area contributed by atoms with E-state index in [1.165, 1.54) is 23.9 Å². The van der Waals surface area contributed by atoms with Gasteiger partial charge in [0.1, 0.15) is 11.8 Å². The Kier molecular flexibility index (Phi) is 9.49. The van der Waals surface area contributed by atoms with E-state index in [-0.39, 0.29) is 17.7 Å². The number of ether oxygens (including phenoxy) is 1. The van der Waals surface area contributed by atoms with E-state index in [1.807, 2.05) is 26.0 Å². The van der Waals surface area contributed by atoms with Gasteiger partial charge >= 0.3 is 6.09 Å². The van der Waals surface area contributed by atoms with Gasteiger partial charge in [-0.15, -0.1) is 0 Å². The van der Waals surface area contributed by atoms with Gasteiger partial charge in [0.2, 0.25) is 5.91 Å². The quantitative estimate of drug-likeness (QED) is 0.433. The number of methoxy groups -OCH3 is 1. The van der Waals surface area contributed by atoms with E-state index in [9.17, 15) is 14.4 Å². The maximum atomic E-state index is 13.3. The number of carbonyl (C=O) groups excluding carboxylic acids is 3. The molecular weight excluding hydrogens is 511 g/mol. The van der Waals surface area contributed by atoms with Crippen LogP contribution in [0.15, 0.2) is 48.5 Å². The van der Waals surface area contributed by atoms with Crippen molar-refractivity contribution in [2.75, 3.05) is 36.6 Å². The van der Waals surface area contributed by atoms with Crippen LogP contribution in [0.2, 0.25) is 0 Å². The van der Waals surface area contributed by atoms with E-state index in [2.05, 4.69) is 70.5 Å². The SMILES string of the molecule is COC(=O)N[C@H](C(=O)N1CCP[C@H]1C(=O)Nc1ccc([C@H]2CCCN2c2ccc(C(C)C)cc2)cc1)C(C)C. The summed E-state index contributed by atoms with van der Waals surface area (Å²) in [6.45, 7) is 9.66. The summed E-state index contributed by atoms with van der Waals surface area (Å²) in [5.74, 6) is -0.615. The van der Waals surface area contributed by atoms with Gasteiger partial charge in [0, 0.05) is 24.5 Å². The first-order valence-electron chi connectivity index (χ1n) is 13.9. The molecule has 2 heterocycles. The number of benzene rings is 2. The van der Waals surface area contributed by atoms with Crippen LogP contribution in [0.4, 0.5) is 16.2 Å². The summed E-state index contributed by atoms with van der Waals surface area (Å²) in [7, 11) is 1.58. The Morgan fingerprint density at radius 3 is 2.28 bits per heavy atom. The number of nitrogens with zero attached hydrogens (tertiary/aromatic N) is 2. The molecule has 210 valence electrons. The maximum Gasteiger partial charge on any atom is 0.407 e. The summed E-state index contributed by atoms with van der Waals surface area (Å²) in [6.07, 6.45) is 2.35. The predicted octanol–water partition coefficient (Wildman–Crippen LogP) is 5.32. The minimum Gasteiger partial charge on any atom is -0.453 e. The second-order valence-corrected chi connectivity index (χ2v) is 12.4. The number of hydrogen-bond donors (Lipinski definition) is 2. The molecule has 3 amide bonds. The lowest BCUT2D eigenvalue weighted by atomic mass is 10.0. The lowest BCUT2D eigenvalue weighted by Gasteiger charge is -2.30. The van der Waals surface area contributed by atoms with E-state index in [1.54, 1.807) is 4.90 Å². The van der Waals surface area contributed by atoms with Crippen LogP contribution in [0, 0.1) is 5.92 Å². The monoisotopic (exact) mass is 552 g/mol. The minimum absolute atomic E-state index is 0.139. The molecule has 39 heavy (non-hydrogen) atoms. The lowest BCUT2D eigenvalue weighted by Crippen LogP contribution is -2.54. The van der Waals surface area contributed by atoms with Gasteiger partial charge in [-0.3, -0.25) is 9.59 Å². The Hall–Kier alpha value is -3.12. The van der Waals surface area contributed by atoms with Crippen molar-refractivity contribution < 1.29 is 19.1 Å². The second-order valence-electron chi connectivity index (χ2n) is 11.0. The molecule has 0 radical (unpaired) electrons. The number of carbonyl (C=O) groups is 3. The molecule has 9 heteroatoms. The van der Waals surface area contributed by atoms with Crippen molar-refractivity contribution in [1.82, 2.24) is 10.2 Å². The van der Waals surface area contributed by atoms with Gasteiger partial charge in [0.15, 0.2) is 0 Å². The predicted molar refractivity (Wildman–Crippen MR) is 158 cm³/mol. The molecule has 0 bridgehead atoms. The van der Waals surface area contributed by atoms with Crippen molar-refractivity contribution in [2.45, 2.75) is 64.3 Å². The van der Waals surface area contributed by atoms with E-state index in [4.69, 9.17) is 0 Å². The van der Waals surface area contributed by atoms with E-state index in [0.29, 0.717) is 32.8 Å². The first-order valence-corrected chi connectivity index (χ1v) is 15.1. The summed E-state index contributed by atoms with van der Waals surface area (Å²) in [5.41, 5.74) is 4.53. The zero-order valence-corrected chi connectivity index (χ0v) is 24.6. The van der Waals surface area contributed by atoms with Crippen molar-refractivity contribution in [3.05, 3.63) is 59.7 Å². The van der Waals surface area contributed by atoms with Crippen LogP contribution in [-0.2, 0) is 14.3 Å². The van der Waals surface area contributed by atoms with Gasteiger partial charge in [0.05, 0.1) is 13.2 Å². The molecule has 2 aromatic rings. The molecule has 2 aliphatic heterocycles. The van der Waals surface area contributed by atoms with Crippen LogP contribution in [0.25, 0.3) is 0 Å². The van der Waals surface area contributed by atoms with Gasteiger partial charge in [0.25, 0.3) is 5.91 Å². The summed E-state index contributed by atoms with van der Waals surface area (Å²) in [4.78, 5) is 42.4. The van der Waals surface area contributed by atoms with E-state index in [0.717, 1.165) is 25.5 Å². The minimum atomic E-state index is -0.745. The van der Waals surface area contributed by atoms with Crippen LogP contribution in [-0.4, -0.2) is 61.0 Å². The van der Waals surface area contributed by atoms with Crippen molar-refractivity contribution in [3.8, 4) is 0 Å². The Bertz CT molecular complexity index is 1150. The number of alkyl carbamates (subject to hydrolysis) is 1. The highest BCUT2D eigenvalue weighted by Gasteiger charge is 2.39. The van der Waals surface area contributed by atoms with Crippen molar-refractivity contribution >= 4 is 37.9 Å². The third-order valence-corrected chi connectivity index (χ3v) is 9.10. The first-order chi connectivity index (χ1) is 18.7. The molecule has 2 N–H and O–H groups in total. The van der Waals surface area contributed by atoms with Gasteiger partial charge in [-0.2, -0.15) is 0 Å². The maximum absolute atomic E-state index is 13.3. The Morgan fingerprint density at radius 2 is 1.67 bits per heavy atom. The van der Waals surface area contributed by atoms with Gasteiger partial charge in [-0.1, -0.05) is 60.5 Å². The topological polar surface area (TPSA) is 91.0 Å². The Balaban J connectivity index is 1.41. The summed E-state index contributed by atoms with van der Waals surface area (Å²) in [5, 5.41) is 5.64. The molecule has 1 unspecified atom stereocenters. The number of anilines is 2.